The van der Waals surface area contributed by atoms with E-state index in [0.717, 1.165) is 38.5 Å². The van der Waals surface area contributed by atoms with E-state index < -0.39 is 5.97 Å². The molecule has 0 aliphatic carbocycles. The molecule has 0 aromatic carbocycles. The maximum absolute atomic E-state index is 11.5. The molecule has 0 saturated carbocycles. The summed E-state index contributed by atoms with van der Waals surface area (Å²) in [6, 6.07) is 1.83. The molecule has 0 unspecified atom stereocenters. The molecule has 118 valence electrons. The standard InChI is InChI=1S/C15H20N4O3/c1-10-9-11(2)19-14(13(10)15(20)21)16-12(17-19)3-4-18-5-7-22-8-6-18/h9H,3-8H2,1-2H3,(H,20,21). The van der Waals surface area contributed by atoms with Crippen LogP contribution in [0.2, 0.25) is 0 Å². The molecule has 7 nitrogen and oxygen atoms in total. The molecule has 2 aromatic rings. The summed E-state index contributed by atoms with van der Waals surface area (Å²) in [7, 11) is 0. The van der Waals surface area contributed by atoms with Crippen molar-refractivity contribution < 1.29 is 14.6 Å². The molecule has 7 heteroatoms. The van der Waals surface area contributed by atoms with Crippen molar-refractivity contribution in [1.82, 2.24) is 19.5 Å². The van der Waals surface area contributed by atoms with E-state index in [1.807, 2.05) is 13.0 Å². The summed E-state index contributed by atoms with van der Waals surface area (Å²) in [6.45, 7) is 7.93. The molecule has 1 aliphatic heterocycles. The highest BCUT2D eigenvalue weighted by Crippen LogP contribution is 2.17. The van der Waals surface area contributed by atoms with Crippen LogP contribution < -0.4 is 0 Å². The number of hydrogen-bond acceptors (Lipinski definition) is 5. The Kier molecular flexibility index (Phi) is 4.08. The topological polar surface area (TPSA) is 80.0 Å². The van der Waals surface area contributed by atoms with Crippen molar-refractivity contribution in [1.29, 1.82) is 0 Å². The number of carbonyl (C=O) groups is 1. The largest absolute Gasteiger partial charge is 0.478 e. The molecule has 3 rings (SSSR count). The lowest BCUT2D eigenvalue weighted by Crippen LogP contribution is -2.37. The van der Waals surface area contributed by atoms with Gasteiger partial charge in [0.1, 0.15) is 5.56 Å². The Hall–Kier alpha value is -1.99. The van der Waals surface area contributed by atoms with Crippen LogP contribution in [0.5, 0.6) is 0 Å². The number of aryl methyl sites for hydroxylation is 2. The van der Waals surface area contributed by atoms with Gasteiger partial charge in [-0.15, -0.1) is 0 Å². The molecule has 0 atom stereocenters. The number of carboxylic acid groups (broad SMARTS) is 1. The quantitative estimate of drug-likeness (QED) is 0.905. The van der Waals surface area contributed by atoms with Gasteiger partial charge in [0.25, 0.3) is 0 Å². The monoisotopic (exact) mass is 304 g/mol. The van der Waals surface area contributed by atoms with Crippen LogP contribution in [0.3, 0.4) is 0 Å². The summed E-state index contributed by atoms with van der Waals surface area (Å²) in [6.07, 6.45) is 0.708. The lowest BCUT2D eigenvalue weighted by Gasteiger charge is -2.25. The molecule has 1 aliphatic rings. The Balaban J connectivity index is 1.87. The summed E-state index contributed by atoms with van der Waals surface area (Å²) >= 11 is 0. The maximum atomic E-state index is 11.5. The number of carboxylic acids is 1. The third kappa shape index (κ3) is 2.82. The highest BCUT2D eigenvalue weighted by Gasteiger charge is 2.18. The van der Waals surface area contributed by atoms with E-state index in [2.05, 4.69) is 15.0 Å². The van der Waals surface area contributed by atoms with E-state index in [4.69, 9.17) is 4.74 Å². The Morgan fingerprint density at radius 1 is 1.36 bits per heavy atom. The first kappa shape index (κ1) is 14.9. The van der Waals surface area contributed by atoms with Crippen LogP contribution in [0.15, 0.2) is 6.07 Å². The fourth-order valence-corrected chi connectivity index (χ4v) is 2.84. The number of hydrogen-bond donors (Lipinski definition) is 1. The molecule has 0 amide bonds. The SMILES string of the molecule is Cc1cc(C)n2nc(CCN3CCOCC3)nc2c1C(=O)O. The van der Waals surface area contributed by atoms with Gasteiger partial charge >= 0.3 is 5.97 Å². The van der Waals surface area contributed by atoms with Gasteiger partial charge in [-0.1, -0.05) is 0 Å². The minimum atomic E-state index is -0.963. The van der Waals surface area contributed by atoms with Crippen LogP contribution in [0.25, 0.3) is 5.65 Å². The van der Waals surface area contributed by atoms with E-state index in [0.29, 0.717) is 23.5 Å². The van der Waals surface area contributed by atoms with Crippen molar-refractivity contribution in [2.24, 2.45) is 0 Å². The van der Waals surface area contributed by atoms with Gasteiger partial charge in [0.05, 0.1) is 13.2 Å². The number of rotatable bonds is 4. The zero-order valence-electron chi connectivity index (χ0n) is 12.9. The molecule has 0 radical (unpaired) electrons. The molecule has 0 bridgehead atoms. The van der Waals surface area contributed by atoms with Gasteiger partial charge in [0.15, 0.2) is 11.5 Å². The van der Waals surface area contributed by atoms with Crippen LogP contribution in [-0.2, 0) is 11.2 Å². The van der Waals surface area contributed by atoms with E-state index in [-0.39, 0.29) is 5.56 Å². The number of nitrogens with zero attached hydrogens (tertiary/aromatic N) is 4. The Labute approximate surface area is 128 Å². The van der Waals surface area contributed by atoms with Crippen LogP contribution in [0, 0.1) is 13.8 Å². The van der Waals surface area contributed by atoms with Crippen LogP contribution in [0.4, 0.5) is 0 Å². The predicted octanol–water partition coefficient (Wildman–Crippen LogP) is 0.919. The van der Waals surface area contributed by atoms with Crippen molar-refractivity contribution in [2.75, 3.05) is 32.8 Å². The molecule has 1 saturated heterocycles. The Morgan fingerprint density at radius 3 is 2.77 bits per heavy atom. The number of aromatic carboxylic acids is 1. The summed E-state index contributed by atoms with van der Waals surface area (Å²) in [4.78, 5) is 18.2. The normalized spacial score (nSPS) is 16.3. The first-order chi connectivity index (χ1) is 10.6. The summed E-state index contributed by atoms with van der Waals surface area (Å²) in [5, 5.41) is 13.9. The third-order valence-electron chi connectivity index (χ3n) is 4.00. The average Bonchev–Trinajstić information content (AvgIpc) is 2.90. The molecule has 0 spiro atoms. The fraction of sp³-hybridized carbons (Fsp3) is 0.533. The van der Waals surface area contributed by atoms with Gasteiger partial charge in [0.2, 0.25) is 0 Å². The lowest BCUT2D eigenvalue weighted by atomic mass is 10.1. The zero-order valence-corrected chi connectivity index (χ0v) is 12.9. The number of aromatic nitrogens is 3. The minimum Gasteiger partial charge on any atom is -0.478 e. The van der Waals surface area contributed by atoms with Crippen LogP contribution in [-0.4, -0.2) is 63.4 Å². The van der Waals surface area contributed by atoms with Crippen molar-refractivity contribution in [3.05, 3.63) is 28.7 Å². The minimum absolute atomic E-state index is 0.232. The number of fused-ring (bicyclic) bond motifs is 1. The zero-order chi connectivity index (χ0) is 15.7. The number of pyridine rings is 1. The Bertz CT molecular complexity index is 704. The average molecular weight is 304 g/mol. The first-order valence-electron chi connectivity index (χ1n) is 7.45. The van der Waals surface area contributed by atoms with E-state index in [1.54, 1.807) is 11.4 Å². The van der Waals surface area contributed by atoms with Crippen LogP contribution >= 0.6 is 0 Å². The van der Waals surface area contributed by atoms with Gasteiger partial charge in [0, 0.05) is 31.7 Å². The predicted molar refractivity (Wildman–Crippen MR) is 80.4 cm³/mol. The summed E-state index contributed by atoms with van der Waals surface area (Å²) in [5.41, 5.74) is 2.27. The van der Waals surface area contributed by atoms with E-state index >= 15 is 0 Å². The third-order valence-corrected chi connectivity index (χ3v) is 4.00. The van der Waals surface area contributed by atoms with E-state index in [1.165, 1.54) is 0 Å². The second kappa shape index (κ2) is 6.02. The molecular weight excluding hydrogens is 284 g/mol. The van der Waals surface area contributed by atoms with Gasteiger partial charge in [-0.25, -0.2) is 14.3 Å². The van der Waals surface area contributed by atoms with Crippen molar-refractivity contribution in [3.63, 3.8) is 0 Å². The van der Waals surface area contributed by atoms with Gasteiger partial charge < -0.3 is 9.84 Å². The second-order valence-corrected chi connectivity index (χ2v) is 5.62. The number of ether oxygens (including phenoxy) is 1. The summed E-state index contributed by atoms with van der Waals surface area (Å²) < 4.78 is 6.96. The maximum Gasteiger partial charge on any atom is 0.339 e. The van der Waals surface area contributed by atoms with Crippen LogP contribution in [0.1, 0.15) is 27.4 Å². The van der Waals surface area contributed by atoms with Gasteiger partial charge in [-0.2, -0.15) is 5.10 Å². The highest BCUT2D eigenvalue weighted by molar-refractivity contribution is 5.96. The first-order valence-corrected chi connectivity index (χ1v) is 7.45. The van der Waals surface area contributed by atoms with E-state index in [9.17, 15) is 9.90 Å². The van der Waals surface area contributed by atoms with Gasteiger partial charge in [-0.05, 0) is 25.5 Å². The van der Waals surface area contributed by atoms with Crippen molar-refractivity contribution >= 4 is 11.6 Å². The van der Waals surface area contributed by atoms with Crippen molar-refractivity contribution in [3.8, 4) is 0 Å². The molecule has 2 aromatic heterocycles. The molecule has 3 heterocycles. The smallest absolute Gasteiger partial charge is 0.339 e. The summed E-state index contributed by atoms with van der Waals surface area (Å²) in [5.74, 6) is -0.280. The lowest BCUT2D eigenvalue weighted by molar-refractivity contribution is 0.0382. The van der Waals surface area contributed by atoms with Gasteiger partial charge in [-0.3, -0.25) is 4.90 Å². The Morgan fingerprint density at radius 2 is 2.09 bits per heavy atom. The number of morpholine rings is 1. The highest BCUT2D eigenvalue weighted by atomic mass is 16.5. The fourth-order valence-electron chi connectivity index (χ4n) is 2.84. The van der Waals surface area contributed by atoms with Crippen molar-refractivity contribution in [2.45, 2.75) is 20.3 Å². The molecule has 1 N–H and O–H groups in total. The second-order valence-electron chi connectivity index (χ2n) is 5.62. The molecule has 22 heavy (non-hydrogen) atoms. The molecular formula is C15H20N4O3. The molecule has 1 fully saturated rings.